The van der Waals surface area contributed by atoms with Crippen molar-refractivity contribution in [2.45, 2.75) is 12.8 Å². The summed E-state index contributed by atoms with van der Waals surface area (Å²) in [6, 6.07) is 19.6. The highest BCUT2D eigenvalue weighted by molar-refractivity contribution is 5.95. The number of nitrogens with one attached hydrogen (secondary N) is 1. The summed E-state index contributed by atoms with van der Waals surface area (Å²) in [5.41, 5.74) is 6.31. The minimum atomic E-state index is -0.153. The summed E-state index contributed by atoms with van der Waals surface area (Å²) in [6.07, 6.45) is 3.10. The fourth-order valence-corrected chi connectivity index (χ4v) is 4.02. The van der Waals surface area contributed by atoms with E-state index in [1.54, 1.807) is 18.5 Å². The van der Waals surface area contributed by atoms with Crippen LogP contribution in [-0.4, -0.2) is 45.7 Å². The first-order valence-corrected chi connectivity index (χ1v) is 10.7. The number of amides is 1. The number of benzene rings is 2. The number of rotatable bonds is 6. The van der Waals surface area contributed by atoms with Gasteiger partial charge in [0.05, 0.1) is 11.2 Å². The smallest absolute Gasteiger partial charge is 0.251 e. The Balaban J connectivity index is 1.46. The Bertz CT molecular complexity index is 1270. The van der Waals surface area contributed by atoms with Crippen molar-refractivity contribution in [2.24, 2.45) is 0 Å². The average molecular weight is 425 g/mol. The number of aromatic nitrogens is 3. The van der Waals surface area contributed by atoms with Crippen molar-refractivity contribution < 1.29 is 9.90 Å². The number of aliphatic hydroxyl groups excluding tert-OH is 1. The van der Waals surface area contributed by atoms with Gasteiger partial charge in [-0.3, -0.25) is 4.79 Å². The highest BCUT2D eigenvalue weighted by atomic mass is 16.3. The second-order valence-corrected chi connectivity index (χ2v) is 7.70. The van der Waals surface area contributed by atoms with E-state index < -0.39 is 0 Å². The first-order chi connectivity index (χ1) is 15.7. The summed E-state index contributed by atoms with van der Waals surface area (Å²) in [6.45, 7) is 1.37. The van der Waals surface area contributed by atoms with Crippen LogP contribution in [0.1, 0.15) is 22.3 Å². The van der Waals surface area contributed by atoms with Gasteiger partial charge in [0, 0.05) is 36.5 Å². The zero-order valence-corrected chi connectivity index (χ0v) is 17.5. The summed E-state index contributed by atoms with van der Waals surface area (Å²) in [5.74, 6) is 0.654. The van der Waals surface area contributed by atoms with E-state index in [1.165, 1.54) is 5.56 Å². The number of anilines is 2. The van der Waals surface area contributed by atoms with Crippen LogP contribution in [0.2, 0.25) is 0 Å². The molecule has 0 bridgehead atoms. The molecule has 1 aliphatic heterocycles. The molecule has 32 heavy (non-hydrogen) atoms. The summed E-state index contributed by atoms with van der Waals surface area (Å²) >= 11 is 0. The molecule has 7 nitrogen and oxygen atoms in total. The summed E-state index contributed by atoms with van der Waals surface area (Å²) < 4.78 is 0. The molecule has 4 aromatic rings. The summed E-state index contributed by atoms with van der Waals surface area (Å²) in [4.78, 5) is 28.3. The predicted molar refractivity (Wildman–Crippen MR) is 124 cm³/mol. The van der Waals surface area contributed by atoms with Crippen LogP contribution in [0.25, 0.3) is 22.3 Å². The van der Waals surface area contributed by atoms with Gasteiger partial charge >= 0.3 is 0 Å². The molecule has 0 radical (unpaired) electrons. The lowest BCUT2D eigenvalue weighted by atomic mass is 10.1. The van der Waals surface area contributed by atoms with Crippen molar-refractivity contribution in [3.05, 3.63) is 78.1 Å². The van der Waals surface area contributed by atoms with Gasteiger partial charge in [-0.2, -0.15) is 0 Å². The molecule has 0 fully saturated rings. The third-order valence-corrected chi connectivity index (χ3v) is 5.67. The molecule has 0 aliphatic carbocycles. The molecule has 1 aliphatic rings. The molecule has 7 heteroatoms. The Hall–Kier alpha value is -3.84. The van der Waals surface area contributed by atoms with Crippen LogP contribution in [0.15, 0.2) is 67.0 Å². The molecule has 2 aromatic heterocycles. The number of hydrogen-bond donors (Lipinski definition) is 2. The molecule has 0 saturated carbocycles. The van der Waals surface area contributed by atoms with Crippen LogP contribution in [0.3, 0.4) is 0 Å². The van der Waals surface area contributed by atoms with Crippen LogP contribution < -0.4 is 10.2 Å². The standard InChI is InChI=1S/C25H23N5O2/c31-15-3-13-26-25(32)19-8-6-17(7-9-19)20-10-11-21-23(29-20)24(28-16-27-21)30-14-12-18-4-1-2-5-22(18)30/h1-2,4-11,16,31H,3,12-15H2,(H,26,32). The minimum absolute atomic E-state index is 0.0571. The van der Waals surface area contributed by atoms with E-state index in [0.29, 0.717) is 18.5 Å². The lowest BCUT2D eigenvalue weighted by Gasteiger charge is -2.19. The Morgan fingerprint density at radius 2 is 1.88 bits per heavy atom. The normalized spacial score (nSPS) is 12.7. The van der Waals surface area contributed by atoms with Gasteiger partial charge in [0.25, 0.3) is 5.91 Å². The first-order valence-electron chi connectivity index (χ1n) is 10.7. The van der Waals surface area contributed by atoms with Gasteiger partial charge in [-0.15, -0.1) is 0 Å². The van der Waals surface area contributed by atoms with Gasteiger partial charge in [-0.1, -0.05) is 30.3 Å². The van der Waals surface area contributed by atoms with Crippen LogP contribution >= 0.6 is 0 Å². The molecular formula is C25H23N5O2. The number of hydrogen-bond acceptors (Lipinski definition) is 6. The maximum atomic E-state index is 12.2. The van der Waals surface area contributed by atoms with Gasteiger partial charge in [-0.25, -0.2) is 15.0 Å². The van der Waals surface area contributed by atoms with Gasteiger partial charge < -0.3 is 15.3 Å². The molecule has 3 heterocycles. The van der Waals surface area contributed by atoms with E-state index in [9.17, 15) is 4.79 Å². The zero-order chi connectivity index (χ0) is 21.9. The zero-order valence-electron chi connectivity index (χ0n) is 17.5. The summed E-state index contributed by atoms with van der Waals surface area (Å²) in [7, 11) is 0. The number of aliphatic hydroxyl groups is 1. The van der Waals surface area contributed by atoms with E-state index in [4.69, 9.17) is 10.1 Å². The Kier molecular flexibility index (Phi) is 5.47. The maximum absolute atomic E-state index is 12.2. The largest absolute Gasteiger partial charge is 0.396 e. The van der Waals surface area contributed by atoms with Crippen LogP contribution in [0.5, 0.6) is 0 Å². The molecule has 0 spiro atoms. The number of carbonyl (C=O) groups excluding carboxylic acids is 1. The average Bonchev–Trinajstić information content (AvgIpc) is 3.27. The van der Waals surface area contributed by atoms with E-state index in [0.717, 1.165) is 46.8 Å². The molecule has 0 unspecified atom stereocenters. The van der Waals surface area contributed by atoms with Gasteiger partial charge in [0.1, 0.15) is 11.8 Å². The molecule has 0 saturated heterocycles. The molecule has 2 aromatic carbocycles. The second-order valence-electron chi connectivity index (χ2n) is 7.70. The van der Waals surface area contributed by atoms with Crippen molar-refractivity contribution in [3.63, 3.8) is 0 Å². The van der Waals surface area contributed by atoms with Crippen LogP contribution in [-0.2, 0) is 6.42 Å². The monoisotopic (exact) mass is 425 g/mol. The van der Waals surface area contributed by atoms with Crippen molar-refractivity contribution in [2.75, 3.05) is 24.6 Å². The Labute approximate surface area is 185 Å². The molecule has 1 amide bonds. The van der Waals surface area contributed by atoms with Crippen molar-refractivity contribution in [1.29, 1.82) is 0 Å². The molecule has 5 rings (SSSR count). The van der Waals surface area contributed by atoms with Crippen molar-refractivity contribution in [1.82, 2.24) is 20.3 Å². The van der Waals surface area contributed by atoms with E-state index >= 15 is 0 Å². The van der Waals surface area contributed by atoms with Gasteiger partial charge in [0.15, 0.2) is 5.82 Å². The Morgan fingerprint density at radius 3 is 2.72 bits per heavy atom. The fourth-order valence-electron chi connectivity index (χ4n) is 4.02. The molecule has 160 valence electrons. The lowest BCUT2D eigenvalue weighted by Crippen LogP contribution is -2.24. The first kappa shape index (κ1) is 20.1. The van der Waals surface area contributed by atoms with Gasteiger partial charge in [0.2, 0.25) is 0 Å². The van der Waals surface area contributed by atoms with E-state index in [1.807, 2.05) is 30.3 Å². The number of nitrogens with zero attached hydrogens (tertiary/aromatic N) is 4. The van der Waals surface area contributed by atoms with Crippen LogP contribution in [0.4, 0.5) is 11.5 Å². The number of para-hydroxylation sites is 1. The molecule has 0 atom stereocenters. The SMILES string of the molecule is O=C(NCCCO)c1ccc(-c2ccc3ncnc(N4CCc5ccccc54)c3n2)cc1. The molecular weight excluding hydrogens is 402 g/mol. The highest BCUT2D eigenvalue weighted by Crippen LogP contribution is 2.36. The Morgan fingerprint density at radius 1 is 1.03 bits per heavy atom. The van der Waals surface area contributed by atoms with E-state index in [-0.39, 0.29) is 12.5 Å². The molecule has 2 N–H and O–H groups in total. The van der Waals surface area contributed by atoms with Crippen LogP contribution in [0, 0.1) is 0 Å². The maximum Gasteiger partial charge on any atom is 0.251 e. The third kappa shape index (κ3) is 3.78. The lowest BCUT2D eigenvalue weighted by molar-refractivity contribution is 0.0951. The topological polar surface area (TPSA) is 91.2 Å². The number of fused-ring (bicyclic) bond motifs is 2. The fraction of sp³-hybridized carbons (Fsp3) is 0.200. The van der Waals surface area contributed by atoms with Crippen molar-refractivity contribution >= 4 is 28.4 Å². The predicted octanol–water partition coefficient (Wildman–Crippen LogP) is 3.50. The van der Waals surface area contributed by atoms with E-state index in [2.05, 4.69) is 38.4 Å². The van der Waals surface area contributed by atoms with Crippen molar-refractivity contribution in [3.8, 4) is 11.3 Å². The van der Waals surface area contributed by atoms with Gasteiger partial charge in [-0.05, 0) is 48.7 Å². The second kappa shape index (κ2) is 8.72. The third-order valence-electron chi connectivity index (χ3n) is 5.67. The quantitative estimate of drug-likeness (QED) is 0.460. The number of pyridine rings is 1. The highest BCUT2D eigenvalue weighted by Gasteiger charge is 2.23. The summed E-state index contributed by atoms with van der Waals surface area (Å²) in [5, 5.41) is 11.6. The minimum Gasteiger partial charge on any atom is -0.396 e. The number of carbonyl (C=O) groups is 1.